The first-order valence-corrected chi connectivity index (χ1v) is 13.1. The molecular formula is C26H52N2O2. The van der Waals surface area contributed by atoms with E-state index in [0.29, 0.717) is 6.04 Å². The van der Waals surface area contributed by atoms with E-state index >= 15 is 0 Å². The van der Waals surface area contributed by atoms with Crippen LogP contribution in [0.1, 0.15) is 125 Å². The van der Waals surface area contributed by atoms with Gasteiger partial charge in [-0.1, -0.05) is 90.9 Å². The van der Waals surface area contributed by atoms with E-state index < -0.39 is 5.60 Å². The molecule has 178 valence electrons. The molecule has 0 aromatic rings. The molecule has 1 aliphatic rings. The molecule has 0 aromatic carbocycles. The average molecular weight is 425 g/mol. The second-order valence-corrected chi connectivity index (χ2v) is 10.3. The van der Waals surface area contributed by atoms with Crippen molar-refractivity contribution in [1.29, 1.82) is 0 Å². The van der Waals surface area contributed by atoms with Gasteiger partial charge in [-0.15, -0.1) is 0 Å². The molecular weight excluding hydrogens is 372 g/mol. The molecule has 0 N–H and O–H groups in total. The predicted octanol–water partition coefficient (Wildman–Crippen LogP) is 7.41. The van der Waals surface area contributed by atoms with E-state index in [1.54, 1.807) is 0 Å². The highest BCUT2D eigenvalue weighted by Gasteiger charge is 2.28. The minimum atomic E-state index is -0.410. The SMILES string of the molecule is CCCCCCCCC(CCCCCCCC)N1CCN(C(=O)OC(C)(C)C)CC1. The Morgan fingerprint density at radius 2 is 1.17 bits per heavy atom. The van der Waals surface area contributed by atoms with E-state index in [-0.39, 0.29) is 6.09 Å². The fourth-order valence-electron chi connectivity index (χ4n) is 4.43. The van der Waals surface area contributed by atoms with Crippen LogP contribution in [0.5, 0.6) is 0 Å². The molecule has 1 fully saturated rings. The first-order chi connectivity index (χ1) is 14.4. The number of hydrogen-bond acceptors (Lipinski definition) is 3. The van der Waals surface area contributed by atoms with Crippen molar-refractivity contribution in [3.8, 4) is 0 Å². The number of piperazine rings is 1. The number of carbonyl (C=O) groups excluding carboxylic acids is 1. The van der Waals surface area contributed by atoms with Crippen LogP contribution in [0.25, 0.3) is 0 Å². The minimum Gasteiger partial charge on any atom is -0.444 e. The topological polar surface area (TPSA) is 32.8 Å². The molecule has 0 spiro atoms. The average Bonchev–Trinajstić information content (AvgIpc) is 2.70. The maximum atomic E-state index is 12.4. The zero-order valence-corrected chi connectivity index (χ0v) is 21.0. The molecule has 0 radical (unpaired) electrons. The van der Waals surface area contributed by atoms with Gasteiger partial charge in [-0.25, -0.2) is 4.79 Å². The monoisotopic (exact) mass is 424 g/mol. The van der Waals surface area contributed by atoms with Gasteiger partial charge in [0.15, 0.2) is 0 Å². The highest BCUT2D eigenvalue weighted by molar-refractivity contribution is 5.68. The lowest BCUT2D eigenvalue weighted by atomic mass is 9.98. The lowest BCUT2D eigenvalue weighted by Gasteiger charge is -2.40. The maximum Gasteiger partial charge on any atom is 0.410 e. The summed E-state index contributed by atoms with van der Waals surface area (Å²) in [5, 5.41) is 0. The van der Waals surface area contributed by atoms with Crippen LogP contribution >= 0.6 is 0 Å². The molecule has 4 heteroatoms. The maximum absolute atomic E-state index is 12.4. The largest absolute Gasteiger partial charge is 0.444 e. The Morgan fingerprint density at radius 3 is 1.60 bits per heavy atom. The fourth-order valence-corrected chi connectivity index (χ4v) is 4.43. The van der Waals surface area contributed by atoms with Crippen LogP contribution in [-0.4, -0.2) is 53.7 Å². The van der Waals surface area contributed by atoms with Crippen molar-refractivity contribution in [3.63, 3.8) is 0 Å². The van der Waals surface area contributed by atoms with E-state index in [9.17, 15) is 4.79 Å². The van der Waals surface area contributed by atoms with E-state index in [1.165, 1.54) is 89.9 Å². The predicted molar refractivity (Wildman–Crippen MR) is 129 cm³/mol. The third kappa shape index (κ3) is 12.8. The Hall–Kier alpha value is -0.770. The van der Waals surface area contributed by atoms with E-state index in [4.69, 9.17) is 4.74 Å². The first kappa shape index (κ1) is 27.3. The van der Waals surface area contributed by atoms with Crippen LogP contribution in [-0.2, 0) is 4.74 Å². The Morgan fingerprint density at radius 1 is 0.733 bits per heavy atom. The third-order valence-corrected chi connectivity index (χ3v) is 6.26. The Labute approximate surface area is 188 Å². The summed E-state index contributed by atoms with van der Waals surface area (Å²) in [5.74, 6) is 0. The highest BCUT2D eigenvalue weighted by Crippen LogP contribution is 2.21. The summed E-state index contributed by atoms with van der Waals surface area (Å²) in [5.41, 5.74) is -0.410. The minimum absolute atomic E-state index is 0.148. The van der Waals surface area contributed by atoms with Crippen molar-refractivity contribution in [2.75, 3.05) is 26.2 Å². The molecule has 0 bridgehead atoms. The number of hydrogen-bond donors (Lipinski definition) is 0. The van der Waals surface area contributed by atoms with Gasteiger partial charge < -0.3 is 9.64 Å². The summed E-state index contributed by atoms with van der Waals surface area (Å²) in [4.78, 5) is 16.9. The van der Waals surface area contributed by atoms with Crippen LogP contribution in [0, 0.1) is 0 Å². The van der Waals surface area contributed by atoms with Crippen LogP contribution in [0.4, 0.5) is 4.79 Å². The highest BCUT2D eigenvalue weighted by atomic mass is 16.6. The molecule has 1 aliphatic heterocycles. The molecule has 4 nitrogen and oxygen atoms in total. The third-order valence-electron chi connectivity index (χ3n) is 6.26. The van der Waals surface area contributed by atoms with Crippen LogP contribution < -0.4 is 0 Å². The van der Waals surface area contributed by atoms with Crippen molar-refractivity contribution in [1.82, 2.24) is 9.80 Å². The molecule has 0 aromatic heterocycles. The lowest BCUT2D eigenvalue weighted by molar-refractivity contribution is 0.00910. The lowest BCUT2D eigenvalue weighted by Crippen LogP contribution is -2.52. The number of amides is 1. The molecule has 1 saturated heterocycles. The Balaban J connectivity index is 2.42. The fraction of sp³-hybridized carbons (Fsp3) is 0.962. The molecule has 0 aliphatic carbocycles. The molecule has 0 unspecified atom stereocenters. The smallest absolute Gasteiger partial charge is 0.410 e. The summed E-state index contributed by atoms with van der Waals surface area (Å²) in [6.45, 7) is 14.0. The second-order valence-electron chi connectivity index (χ2n) is 10.3. The van der Waals surface area contributed by atoms with Gasteiger partial charge in [0.25, 0.3) is 0 Å². The summed E-state index contributed by atoms with van der Waals surface area (Å²) in [6.07, 6.45) is 19.0. The van der Waals surface area contributed by atoms with Crippen molar-refractivity contribution in [2.24, 2.45) is 0 Å². The Bertz CT molecular complexity index is 409. The summed E-state index contributed by atoms with van der Waals surface area (Å²) < 4.78 is 5.56. The number of nitrogens with zero attached hydrogens (tertiary/aromatic N) is 2. The molecule has 1 rings (SSSR count). The molecule has 0 atom stereocenters. The molecule has 1 heterocycles. The number of rotatable bonds is 15. The Kier molecular flexibility index (Phi) is 14.5. The zero-order chi connectivity index (χ0) is 22.2. The van der Waals surface area contributed by atoms with E-state index in [1.807, 2.05) is 25.7 Å². The zero-order valence-electron chi connectivity index (χ0n) is 21.0. The van der Waals surface area contributed by atoms with Gasteiger partial charge in [0.2, 0.25) is 0 Å². The molecule has 1 amide bonds. The van der Waals surface area contributed by atoms with Gasteiger partial charge in [-0.05, 0) is 33.6 Å². The number of ether oxygens (including phenoxy) is 1. The number of unbranched alkanes of at least 4 members (excludes halogenated alkanes) is 10. The van der Waals surface area contributed by atoms with Gasteiger partial charge in [0.1, 0.15) is 5.60 Å². The van der Waals surface area contributed by atoms with Crippen molar-refractivity contribution in [3.05, 3.63) is 0 Å². The normalized spacial score (nSPS) is 15.7. The first-order valence-electron chi connectivity index (χ1n) is 13.1. The van der Waals surface area contributed by atoms with Gasteiger partial charge in [0, 0.05) is 32.2 Å². The number of carbonyl (C=O) groups is 1. The van der Waals surface area contributed by atoms with Crippen LogP contribution in [0.3, 0.4) is 0 Å². The quantitative estimate of drug-likeness (QED) is 0.257. The summed E-state index contributed by atoms with van der Waals surface area (Å²) in [6, 6.07) is 0.697. The van der Waals surface area contributed by atoms with Gasteiger partial charge in [-0.3, -0.25) is 4.90 Å². The van der Waals surface area contributed by atoms with Crippen molar-refractivity contribution in [2.45, 2.75) is 136 Å². The van der Waals surface area contributed by atoms with E-state index in [2.05, 4.69) is 18.7 Å². The van der Waals surface area contributed by atoms with Crippen LogP contribution in [0.2, 0.25) is 0 Å². The van der Waals surface area contributed by atoms with Crippen molar-refractivity contribution < 1.29 is 9.53 Å². The standard InChI is InChI=1S/C26H52N2O2/c1-6-8-10-12-14-16-18-24(19-17-15-13-11-9-7-2)27-20-22-28(23-21-27)25(29)30-26(3,4)5/h24H,6-23H2,1-5H3. The summed E-state index contributed by atoms with van der Waals surface area (Å²) >= 11 is 0. The molecule has 0 saturated carbocycles. The van der Waals surface area contributed by atoms with Crippen molar-refractivity contribution >= 4 is 6.09 Å². The van der Waals surface area contributed by atoms with Gasteiger partial charge >= 0.3 is 6.09 Å². The molecule has 30 heavy (non-hydrogen) atoms. The summed E-state index contributed by atoms with van der Waals surface area (Å²) in [7, 11) is 0. The van der Waals surface area contributed by atoms with Crippen LogP contribution in [0.15, 0.2) is 0 Å². The van der Waals surface area contributed by atoms with Gasteiger partial charge in [0.05, 0.1) is 0 Å². The van der Waals surface area contributed by atoms with E-state index in [0.717, 1.165) is 26.2 Å². The second kappa shape index (κ2) is 15.9. The van der Waals surface area contributed by atoms with Gasteiger partial charge in [-0.2, -0.15) is 0 Å².